The lowest BCUT2D eigenvalue weighted by atomic mass is 9.85. The first-order valence-corrected chi connectivity index (χ1v) is 9.78. The zero-order chi connectivity index (χ0) is 20.3. The van der Waals surface area contributed by atoms with Crippen molar-refractivity contribution in [3.05, 3.63) is 48.2 Å². The maximum Gasteiger partial charge on any atom is 0.328 e. The smallest absolute Gasteiger partial charge is 0.328 e. The van der Waals surface area contributed by atoms with Crippen LogP contribution in [0.4, 0.5) is 0 Å². The van der Waals surface area contributed by atoms with Gasteiger partial charge in [-0.3, -0.25) is 9.59 Å². The van der Waals surface area contributed by atoms with Crippen molar-refractivity contribution in [2.75, 3.05) is 7.11 Å². The van der Waals surface area contributed by atoms with Gasteiger partial charge in [-0.2, -0.15) is 10.1 Å². The Bertz CT molecular complexity index is 1070. The summed E-state index contributed by atoms with van der Waals surface area (Å²) in [4.78, 5) is 37.6. The largest absolute Gasteiger partial charge is 0.467 e. The van der Waals surface area contributed by atoms with Crippen molar-refractivity contribution in [3.63, 3.8) is 0 Å². The second-order valence-electron chi connectivity index (χ2n) is 7.94. The van der Waals surface area contributed by atoms with Gasteiger partial charge in [0.1, 0.15) is 6.04 Å². The Hall–Kier alpha value is -3.22. The number of amides is 2. The normalized spacial score (nSPS) is 28.7. The number of hydrazone groups is 1. The number of hydrogen-bond acceptors (Lipinski definition) is 5. The second kappa shape index (κ2) is 6.40. The topological polar surface area (TPSA) is 81.0 Å². The Morgan fingerprint density at radius 3 is 2.48 bits per heavy atom. The molecule has 2 bridgehead atoms. The summed E-state index contributed by atoms with van der Waals surface area (Å²) in [7, 11) is 1.36. The molecule has 5 rings (SSSR count). The van der Waals surface area contributed by atoms with Crippen LogP contribution in [-0.4, -0.2) is 40.7 Å². The van der Waals surface area contributed by atoms with Crippen molar-refractivity contribution < 1.29 is 19.1 Å². The van der Waals surface area contributed by atoms with Gasteiger partial charge < -0.3 is 9.30 Å². The van der Waals surface area contributed by atoms with E-state index in [1.165, 1.54) is 13.3 Å². The third kappa shape index (κ3) is 2.50. The molecule has 1 aliphatic heterocycles. The Balaban J connectivity index is 1.48. The molecule has 3 aliphatic rings. The fourth-order valence-electron chi connectivity index (χ4n) is 5.06. The minimum atomic E-state index is -0.511. The second-order valence-corrected chi connectivity index (χ2v) is 7.94. The lowest BCUT2D eigenvalue weighted by molar-refractivity contribution is -0.144. The van der Waals surface area contributed by atoms with Crippen molar-refractivity contribution in [1.82, 2.24) is 9.58 Å². The number of carbonyl (C=O) groups is 3. The fraction of sp³-hybridized carbons (Fsp3) is 0.364. The van der Waals surface area contributed by atoms with Crippen LogP contribution in [0.1, 0.15) is 24.9 Å². The summed E-state index contributed by atoms with van der Waals surface area (Å²) < 4.78 is 6.68. The first-order chi connectivity index (χ1) is 14.0. The van der Waals surface area contributed by atoms with Gasteiger partial charge >= 0.3 is 5.97 Å². The Kier molecular flexibility index (Phi) is 3.94. The van der Waals surface area contributed by atoms with E-state index >= 15 is 0 Å². The van der Waals surface area contributed by atoms with Gasteiger partial charge in [-0.1, -0.05) is 30.4 Å². The number of allylic oxidation sites excluding steroid dienone is 2. The van der Waals surface area contributed by atoms with Crippen molar-refractivity contribution in [2.24, 2.45) is 28.8 Å². The maximum atomic E-state index is 12.8. The van der Waals surface area contributed by atoms with E-state index in [1.807, 2.05) is 28.8 Å². The fourth-order valence-corrected chi connectivity index (χ4v) is 5.06. The SMILES string of the molecule is COC(=O)[C@H](C)n1cc(C=NN2C(=O)[C@@H]3[C@H](C2=O)[C@H]2C=C[C@H]3C2)c2ccccc21. The van der Waals surface area contributed by atoms with Gasteiger partial charge in [-0.05, 0) is 31.2 Å². The summed E-state index contributed by atoms with van der Waals surface area (Å²) in [6.07, 6.45) is 8.35. The third-order valence-corrected chi connectivity index (χ3v) is 6.49. The molecule has 7 heteroatoms. The Labute approximate surface area is 167 Å². The summed E-state index contributed by atoms with van der Waals surface area (Å²) in [5, 5.41) is 6.20. The van der Waals surface area contributed by atoms with Crippen molar-refractivity contribution in [3.8, 4) is 0 Å². The van der Waals surface area contributed by atoms with Gasteiger partial charge in [-0.25, -0.2) is 4.79 Å². The average Bonchev–Trinajstić information content (AvgIpc) is 3.49. The van der Waals surface area contributed by atoms with Gasteiger partial charge in [0, 0.05) is 22.7 Å². The van der Waals surface area contributed by atoms with E-state index in [9.17, 15) is 14.4 Å². The van der Waals surface area contributed by atoms with Gasteiger partial charge in [0.15, 0.2) is 0 Å². The standard InChI is InChI=1S/C22H21N3O4/c1-12(22(28)29-2)24-11-15(16-5-3-4-6-17(16)24)10-23-25-20(26)18-13-7-8-14(9-13)19(18)21(25)27/h3-8,10-14,18-19H,9H2,1-2H3/t12-,13-,14-,18-,19+/m0/s1. The number of para-hydroxylation sites is 1. The van der Waals surface area contributed by atoms with Crippen LogP contribution < -0.4 is 0 Å². The first-order valence-electron chi connectivity index (χ1n) is 9.78. The quantitative estimate of drug-likeness (QED) is 0.347. The average molecular weight is 391 g/mol. The van der Waals surface area contributed by atoms with Gasteiger partial charge in [0.25, 0.3) is 11.8 Å². The molecular weight excluding hydrogens is 370 g/mol. The van der Waals surface area contributed by atoms with Crippen LogP contribution in [0.15, 0.2) is 47.7 Å². The number of aromatic nitrogens is 1. The van der Waals surface area contributed by atoms with E-state index < -0.39 is 6.04 Å². The van der Waals surface area contributed by atoms with Crippen LogP contribution in [0, 0.1) is 23.7 Å². The van der Waals surface area contributed by atoms with E-state index in [4.69, 9.17) is 4.74 Å². The molecule has 2 aliphatic carbocycles. The van der Waals surface area contributed by atoms with Crippen molar-refractivity contribution in [1.29, 1.82) is 0 Å². The summed E-state index contributed by atoms with van der Waals surface area (Å²) in [6, 6.07) is 7.10. The number of rotatable bonds is 4. The molecule has 1 aromatic carbocycles. The molecule has 5 atom stereocenters. The van der Waals surface area contributed by atoms with Crippen molar-refractivity contribution >= 4 is 34.9 Å². The predicted octanol–water partition coefficient (Wildman–Crippen LogP) is 2.52. The molecule has 0 N–H and O–H groups in total. The molecule has 29 heavy (non-hydrogen) atoms. The number of fused-ring (bicyclic) bond motifs is 6. The highest BCUT2D eigenvalue weighted by Gasteiger charge is 2.59. The van der Waals surface area contributed by atoms with Crippen molar-refractivity contribution in [2.45, 2.75) is 19.4 Å². The molecule has 148 valence electrons. The van der Waals surface area contributed by atoms with Crippen LogP contribution in [0.2, 0.25) is 0 Å². The molecule has 0 radical (unpaired) electrons. The van der Waals surface area contributed by atoms with Crippen LogP contribution in [0.3, 0.4) is 0 Å². The highest BCUT2D eigenvalue weighted by Crippen LogP contribution is 2.52. The summed E-state index contributed by atoms with van der Waals surface area (Å²) >= 11 is 0. The molecule has 7 nitrogen and oxygen atoms in total. The number of benzene rings is 1. The zero-order valence-corrected chi connectivity index (χ0v) is 16.2. The highest BCUT2D eigenvalue weighted by molar-refractivity contribution is 6.07. The van der Waals surface area contributed by atoms with Gasteiger partial charge in [-0.15, -0.1) is 0 Å². The molecule has 2 aromatic rings. The number of nitrogens with zero attached hydrogens (tertiary/aromatic N) is 3. The van der Waals surface area contributed by atoms with Crippen LogP contribution in [0.25, 0.3) is 10.9 Å². The third-order valence-electron chi connectivity index (χ3n) is 6.49. The molecule has 2 heterocycles. The molecule has 2 fully saturated rings. The summed E-state index contributed by atoms with van der Waals surface area (Å²) in [6.45, 7) is 1.76. The minimum absolute atomic E-state index is 0.157. The highest BCUT2D eigenvalue weighted by atomic mass is 16.5. The first kappa shape index (κ1) is 17.8. The number of hydrogen-bond donors (Lipinski definition) is 0. The number of methoxy groups -OCH3 is 1. The molecule has 2 amide bonds. The lowest BCUT2D eigenvalue weighted by Crippen LogP contribution is -2.28. The van der Waals surface area contributed by atoms with E-state index in [-0.39, 0.29) is 41.5 Å². The van der Waals surface area contributed by atoms with Gasteiger partial charge in [0.2, 0.25) is 0 Å². The van der Waals surface area contributed by atoms with E-state index in [2.05, 4.69) is 17.3 Å². The molecule has 1 saturated carbocycles. The molecule has 0 spiro atoms. The summed E-state index contributed by atoms with van der Waals surface area (Å²) in [5.41, 5.74) is 1.58. The minimum Gasteiger partial charge on any atom is -0.467 e. The van der Waals surface area contributed by atoms with Crippen LogP contribution in [0.5, 0.6) is 0 Å². The van der Waals surface area contributed by atoms with Gasteiger partial charge in [0.05, 0.1) is 25.2 Å². The Morgan fingerprint density at radius 1 is 1.17 bits per heavy atom. The van der Waals surface area contributed by atoms with E-state index in [0.717, 1.165) is 27.9 Å². The molecular formula is C22H21N3O4. The van der Waals surface area contributed by atoms with E-state index in [1.54, 1.807) is 13.1 Å². The van der Waals surface area contributed by atoms with Crippen LogP contribution >= 0.6 is 0 Å². The number of imide groups is 1. The molecule has 1 saturated heterocycles. The predicted molar refractivity (Wildman–Crippen MR) is 106 cm³/mol. The van der Waals surface area contributed by atoms with E-state index in [0.29, 0.717) is 0 Å². The monoisotopic (exact) mass is 391 g/mol. The number of carbonyl (C=O) groups excluding carboxylic acids is 3. The molecule has 0 unspecified atom stereocenters. The number of ether oxygens (including phenoxy) is 1. The van der Waals surface area contributed by atoms with Crippen LogP contribution in [-0.2, 0) is 19.1 Å². The zero-order valence-electron chi connectivity index (χ0n) is 16.2. The molecule has 1 aromatic heterocycles. The lowest BCUT2D eigenvalue weighted by Gasteiger charge is -2.13. The maximum absolute atomic E-state index is 12.8. The number of esters is 1. The Morgan fingerprint density at radius 2 is 1.83 bits per heavy atom. The summed E-state index contributed by atoms with van der Waals surface area (Å²) in [5.74, 6) is -0.992.